The fourth-order valence-corrected chi connectivity index (χ4v) is 9.20. The number of rotatable bonds is 48. The van der Waals surface area contributed by atoms with Gasteiger partial charge in [0, 0.05) is 0 Å². The van der Waals surface area contributed by atoms with Crippen molar-refractivity contribution < 1.29 is 50.0 Å². The number of hydrogen-bond acceptors (Lipinski definition) is 10. The molecule has 66 heavy (non-hydrogen) atoms. The van der Waals surface area contributed by atoms with Crippen LogP contribution in [0.2, 0.25) is 0 Å². The molecule has 9 unspecified atom stereocenters. The van der Waals surface area contributed by atoms with Gasteiger partial charge in [0.25, 0.3) is 0 Å². The molecule has 0 saturated carbocycles. The highest BCUT2D eigenvalue weighted by atomic mass is 16.7. The molecule has 8 N–H and O–H groups in total. The summed E-state index contributed by atoms with van der Waals surface area (Å²) >= 11 is 0. The van der Waals surface area contributed by atoms with Crippen molar-refractivity contribution in [2.45, 2.75) is 319 Å². The van der Waals surface area contributed by atoms with E-state index in [0.29, 0.717) is 19.3 Å². The Bertz CT molecular complexity index is 1080. The highest BCUT2D eigenvalue weighted by molar-refractivity contribution is 5.80. The molecule has 1 fully saturated rings. The molecule has 0 spiro atoms. The molecule has 1 aliphatic heterocycles. The Balaban J connectivity index is 2.29. The number of amides is 1. The highest BCUT2D eigenvalue weighted by Crippen LogP contribution is 2.23. The number of allylic oxidation sites excluding steroid dienone is 2. The van der Waals surface area contributed by atoms with Gasteiger partial charge in [-0.15, -0.1) is 0 Å². The first kappa shape index (κ1) is 62.9. The number of aliphatic hydroxyl groups is 7. The summed E-state index contributed by atoms with van der Waals surface area (Å²) in [6.07, 6.45) is 39.8. The predicted molar refractivity (Wildman–Crippen MR) is 270 cm³/mol. The molecular formula is C55H107NO10. The van der Waals surface area contributed by atoms with Crippen LogP contribution in [0.25, 0.3) is 0 Å². The van der Waals surface area contributed by atoms with Gasteiger partial charge in [0.05, 0.1) is 25.4 Å². The molecule has 9 atom stereocenters. The van der Waals surface area contributed by atoms with E-state index in [1.54, 1.807) is 0 Å². The first-order valence-electron chi connectivity index (χ1n) is 28.1. The van der Waals surface area contributed by atoms with Gasteiger partial charge in [-0.05, 0) is 38.5 Å². The Labute approximate surface area is 404 Å². The molecule has 0 aromatic carbocycles. The second-order valence-corrected chi connectivity index (χ2v) is 20.0. The van der Waals surface area contributed by atoms with Crippen molar-refractivity contribution in [1.29, 1.82) is 0 Å². The molecule has 1 rings (SSSR count). The van der Waals surface area contributed by atoms with Gasteiger partial charge in [-0.25, -0.2) is 0 Å². The SMILES string of the molecule is CCCCCC/C=C\CCCCCCCCC(O)C(=O)NC(COC1OC(CO)C(O)C(O)C1O)C(O)C(O)CCCCCCCCCCCCCCCCCCCCCCCCCCC. The maximum absolute atomic E-state index is 13.1. The molecule has 0 radical (unpaired) electrons. The molecule has 11 nitrogen and oxygen atoms in total. The zero-order valence-electron chi connectivity index (χ0n) is 42.7. The van der Waals surface area contributed by atoms with Crippen molar-refractivity contribution in [1.82, 2.24) is 5.32 Å². The first-order valence-corrected chi connectivity index (χ1v) is 28.1. The molecule has 392 valence electrons. The Kier molecular flexibility index (Phi) is 42.9. The lowest BCUT2D eigenvalue weighted by Crippen LogP contribution is -2.60. The minimum atomic E-state index is -1.66. The highest BCUT2D eigenvalue weighted by Gasteiger charge is 2.44. The Hall–Kier alpha value is -1.15. The smallest absolute Gasteiger partial charge is 0.249 e. The molecule has 1 aliphatic rings. The lowest BCUT2D eigenvalue weighted by molar-refractivity contribution is -0.303. The van der Waals surface area contributed by atoms with Crippen LogP contribution >= 0.6 is 0 Å². The van der Waals surface area contributed by atoms with Gasteiger partial charge in [0.1, 0.15) is 36.6 Å². The lowest BCUT2D eigenvalue weighted by Gasteiger charge is -2.40. The zero-order valence-corrected chi connectivity index (χ0v) is 42.7. The number of hydrogen-bond donors (Lipinski definition) is 8. The molecule has 1 heterocycles. The van der Waals surface area contributed by atoms with Crippen LogP contribution in [0, 0.1) is 0 Å². The fraction of sp³-hybridized carbons (Fsp3) is 0.945. The second-order valence-electron chi connectivity index (χ2n) is 20.0. The summed E-state index contributed by atoms with van der Waals surface area (Å²) in [6, 6.07) is -1.17. The zero-order chi connectivity index (χ0) is 48.3. The summed E-state index contributed by atoms with van der Waals surface area (Å²) in [4.78, 5) is 13.1. The fourth-order valence-electron chi connectivity index (χ4n) is 9.20. The van der Waals surface area contributed by atoms with Crippen molar-refractivity contribution in [2.24, 2.45) is 0 Å². The van der Waals surface area contributed by atoms with Gasteiger partial charge in [-0.2, -0.15) is 0 Å². The maximum Gasteiger partial charge on any atom is 0.249 e. The number of unbranched alkanes of at least 4 members (excludes halogenated alkanes) is 34. The van der Waals surface area contributed by atoms with Gasteiger partial charge in [-0.1, -0.05) is 238 Å². The first-order chi connectivity index (χ1) is 32.2. The molecule has 0 aromatic rings. The second kappa shape index (κ2) is 45.0. The third kappa shape index (κ3) is 33.4. The van der Waals surface area contributed by atoms with Crippen LogP contribution in [0.5, 0.6) is 0 Å². The van der Waals surface area contributed by atoms with Crippen molar-refractivity contribution in [3.05, 3.63) is 12.2 Å². The van der Waals surface area contributed by atoms with Gasteiger partial charge < -0.3 is 50.5 Å². The number of aliphatic hydroxyl groups excluding tert-OH is 7. The van der Waals surface area contributed by atoms with Crippen molar-refractivity contribution in [3.63, 3.8) is 0 Å². The summed E-state index contributed by atoms with van der Waals surface area (Å²) in [5, 5.41) is 76.0. The van der Waals surface area contributed by atoms with Crippen LogP contribution in [-0.2, 0) is 14.3 Å². The summed E-state index contributed by atoms with van der Waals surface area (Å²) in [7, 11) is 0. The van der Waals surface area contributed by atoms with Crippen LogP contribution in [0.3, 0.4) is 0 Å². The molecule has 0 aliphatic carbocycles. The molecular weight excluding hydrogens is 835 g/mol. The topological polar surface area (TPSA) is 189 Å². The van der Waals surface area contributed by atoms with Crippen LogP contribution < -0.4 is 5.32 Å². The van der Waals surface area contributed by atoms with E-state index >= 15 is 0 Å². The number of carbonyl (C=O) groups excluding carboxylic acids is 1. The normalized spacial score (nSPS) is 20.8. The van der Waals surface area contributed by atoms with Crippen LogP contribution in [0.15, 0.2) is 12.2 Å². The average molecular weight is 942 g/mol. The van der Waals surface area contributed by atoms with Crippen LogP contribution in [-0.4, -0.2) is 110 Å². The van der Waals surface area contributed by atoms with E-state index in [0.717, 1.165) is 57.8 Å². The summed E-state index contributed by atoms with van der Waals surface area (Å²) in [6.45, 7) is 3.46. The van der Waals surface area contributed by atoms with E-state index < -0.39 is 74.2 Å². The molecule has 0 aromatic heterocycles. The van der Waals surface area contributed by atoms with Gasteiger partial charge in [0.2, 0.25) is 5.91 Å². The maximum atomic E-state index is 13.1. The third-order valence-corrected chi connectivity index (χ3v) is 13.8. The van der Waals surface area contributed by atoms with E-state index in [1.807, 2.05) is 0 Å². The predicted octanol–water partition coefficient (Wildman–Crippen LogP) is 11.2. The van der Waals surface area contributed by atoms with Gasteiger partial charge in [-0.3, -0.25) is 4.79 Å². The van der Waals surface area contributed by atoms with Crippen LogP contribution in [0.1, 0.15) is 264 Å². The minimum absolute atomic E-state index is 0.255. The largest absolute Gasteiger partial charge is 0.394 e. The lowest BCUT2D eigenvalue weighted by atomic mass is 9.98. The quantitative estimate of drug-likeness (QED) is 0.0215. The minimum Gasteiger partial charge on any atom is -0.394 e. The van der Waals surface area contributed by atoms with Gasteiger partial charge >= 0.3 is 0 Å². The average Bonchev–Trinajstić information content (AvgIpc) is 3.32. The number of nitrogens with one attached hydrogen (secondary N) is 1. The van der Waals surface area contributed by atoms with Crippen molar-refractivity contribution in [3.8, 4) is 0 Å². The van der Waals surface area contributed by atoms with Crippen molar-refractivity contribution in [2.75, 3.05) is 13.2 Å². The van der Waals surface area contributed by atoms with E-state index in [2.05, 4.69) is 31.3 Å². The Morgan fingerprint density at radius 1 is 0.515 bits per heavy atom. The van der Waals surface area contributed by atoms with E-state index in [4.69, 9.17) is 9.47 Å². The molecule has 0 bridgehead atoms. The Morgan fingerprint density at radius 2 is 0.879 bits per heavy atom. The summed E-state index contributed by atoms with van der Waals surface area (Å²) < 4.78 is 11.1. The third-order valence-electron chi connectivity index (χ3n) is 13.8. The standard InChI is InChI=1S/C55H107NO10/c1-3-5-7-9-11-13-15-17-19-20-21-22-23-24-25-26-27-28-29-31-32-34-36-38-40-42-47(58)50(60)46(45-65-55-53(63)52(62)51(61)49(44-57)66-55)56-54(64)48(59)43-41-39-37-35-33-30-18-16-14-12-10-8-6-4-2/h14,16,46-53,55,57-63H,3-13,15,17-45H2,1-2H3,(H,56,64)/b16-14-. The number of ether oxygens (including phenoxy) is 2. The van der Waals surface area contributed by atoms with E-state index in [-0.39, 0.29) is 6.42 Å². The van der Waals surface area contributed by atoms with E-state index in [1.165, 1.54) is 167 Å². The Morgan fingerprint density at radius 3 is 1.29 bits per heavy atom. The van der Waals surface area contributed by atoms with E-state index in [9.17, 15) is 40.5 Å². The monoisotopic (exact) mass is 942 g/mol. The van der Waals surface area contributed by atoms with Gasteiger partial charge in [0.15, 0.2) is 6.29 Å². The summed E-state index contributed by atoms with van der Waals surface area (Å²) in [5.41, 5.74) is 0. The molecule has 11 heteroatoms. The molecule has 1 saturated heterocycles. The molecule has 1 amide bonds. The number of carbonyl (C=O) groups is 1. The van der Waals surface area contributed by atoms with Crippen molar-refractivity contribution >= 4 is 5.91 Å². The summed E-state index contributed by atoms with van der Waals surface area (Å²) in [5.74, 6) is -0.699. The van der Waals surface area contributed by atoms with Crippen LogP contribution in [0.4, 0.5) is 0 Å².